The van der Waals surface area contributed by atoms with Crippen LogP contribution in [0.1, 0.15) is 25.3 Å². The number of aliphatic imine (C=N–C) groups is 1. The molecule has 2 fully saturated rings. The molecule has 1 atom stereocenters. The van der Waals surface area contributed by atoms with Gasteiger partial charge in [-0.3, -0.25) is 14.8 Å². The largest absolute Gasteiger partial charge is 0.379 e. The molecule has 1 aromatic carbocycles. The summed E-state index contributed by atoms with van der Waals surface area (Å²) in [5, 5.41) is 6.81. The third-order valence-corrected chi connectivity index (χ3v) is 5.59. The average Bonchev–Trinajstić information content (AvgIpc) is 3.29. The molecule has 2 heterocycles. The van der Waals surface area contributed by atoms with Gasteiger partial charge in [-0.15, -0.1) is 24.0 Å². The summed E-state index contributed by atoms with van der Waals surface area (Å²) in [5.41, 5.74) is 1.40. The van der Waals surface area contributed by atoms with Gasteiger partial charge in [0.25, 0.3) is 0 Å². The number of piperazine rings is 1. The Kier molecular flexibility index (Phi) is 13.4. The van der Waals surface area contributed by atoms with Crippen LogP contribution >= 0.6 is 24.0 Å². The molecular weight excluding hydrogens is 505 g/mol. The van der Waals surface area contributed by atoms with Gasteiger partial charge in [0.2, 0.25) is 0 Å². The third kappa shape index (κ3) is 10.5. The molecule has 0 bridgehead atoms. The van der Waals surface area contributed by atoms with E-state index in [9.17, 15) is 0 Å². The van der Waals surface area contributed by atoms with Crippen LogP contribution in [0.15, 0.2) is 35.3 Å². The molecule has 2 aliphatic heterocycles. The van der Waals surface area contributed by atoms with Gasteiger partial charge in [-0.25, -0.2) is 0 Å². The summed E-state index contributed by atoms with van der Waals surface area (Å²) in [4.78, 5) is 9.76. The summed E-state index contributed by atoms with van der Waals surface area (Å²) >= 11 is 0. The minimum Gasteiger partial charge on any atom is -0.379 e. The minimum absolute atomic E-state index is 0. The fraction of sp³-hybridized carbons (Fsp3) is 0.696. The average molecular weight is 546 g/mol. The Balaban J connectivity index is 0.00000341. The van der Waals surface area contributed by atoms with E-state index in [2.05, 4.69) is 62.7 Å². The topological polar surface area (TPSA) is 61.4 Å². The van der Waals surface area contributed by atoms with Gasteiger partial charge in [-0.05, 0) is 25.3 Å². The van der Waals surface area contributed by atoms with Gasteiger partial charge >= 0.3 is 0 Å². The van der Waals surface area contributed by atoms with Gasteiger partial charge in [0.05, 0.1) is 12.7 Å². The van der Waals surface area contributed by atoms with E-state index in [1.165, 1.54) is 5.56 Å². The molecule has 31 heavy (non-hydrogen) atoms. The first kappa shape index (κ1) is 26.3. The number of benzene rings is 1. The molecule has 0 amide bonds. The van der Waals surface area contributed by atoms with Crippen LogP contribution in [0.3, 0.4) is 0 Å². The van der Waals surface area contributed by atoms with E-state index in [4.69, 9.17) is 9.47 Å². The summed E-state index contributed by atoms with van der Waals surface area (Å²) in [5.74, 6) is 0.907. The highest BCUT2D eigenvalue weighted by Gasteiger charge is 2.17. The second-order valence-corrected chi connectivity index (χ2v) is 8.00. The Labute approximate surface area is 205 Å². The lowest BCUT2D eigenvalue weighted by Crippen LogP contribution is -2.49. The Morgan fingerprint density at radius 3 is 2.61 bits per heavy atom. The van der Waals surface area contributed by atoms with E-state index in [0.717, 1.165) is 97.5 Å². The number of ether oxygens (including phenoxy) is 2. The lowest BCUT2D eigenvalue weighted by Gasteiger charge is -2.34. The second-order valence-electron chi connectivity index (χ2n) is 8.00. The van der Waals surface area contributed by atoms with Gasteiger partial charge in [-0.1, -0.05) is 30.3 Å². The fourth-order valence-corrected chi connectivity index (χ4v) is 3.84. The molecule has 1 unspecified atom stereocenters. The zero-order chi connectivity index (χ0) is 20.9. The predicted octanol–water partition coefficient (Wildman–Crippen LogP) is 2.17. The van der Waals surface area contributed by atoms with Crippen LogP contribution in [0.4, 0.5) is 0 Å². The Hall–Kier alpha value is -0.940. The molecule has 0 aromatic heterocycles. The summed E-state index contributed by atoms with van der Waals surface area (Å²) in [6, 6.07) is 10.8. The van der Waals surface area contributed by atoms with Crippen molar-refractivity contribution in [1.82, 2.24) is 20.4 Å². The zero-order valence-corrected chi connectivity index (χ0v) is 21.3. The lowest BCUT2D eigenvalue weighted by molar-refractivity contribution is 0.0424. The first-order chi connectivity index (χ1) is 14.8. The van der Waals surface area contributed by atoms with E-state index in [1.807, 2.05) is 0 Å². The number of rotatable bonds is 11. The molecule has 0 aliphatic carbocycles. The number of nitrogens with zero attached hydrogens (tertiary/aromatic N) is 3. The van der Waals surface area contributed by atoms with Gasteiger partial charge < -0.3 is 20.1 Å². The van der Waals surface area contributed by atoms with Gasteiger partial charge in [0, 0.05) is 72.1 Å². The van der Waals surface area contributed by atoms with Crippen LogP contribution in [-0.2, 0) is 16.0 Å². The quantitative estimate of drug-likeness (QED) is 0.193. The smallest absolute Gasteiger partial charge is 0.191 e. The third-order valence-electron chi connectivity index (χ3n) is 5.59. The summed E-state index contributed by atoms with van der Waals surface area (Å²) in [6.07, 6.45) is 2.25. The molecule has 0 radical (unpaired) electrons. The van der Waals surface area contributed by atoms with Crippen molar-refractivity contribution in [1.29, 1.82) is 0 Å². The summed E-state index contributed by atoms with van der Waals surface area (Å²) < 4.78 is 11.1. The maximum Gasteiger partial charge on any atom is 0.191 e. The Bertz CT molecular complexity index is 605. The molecule has 7 nitrogen and oxygen atoms in total. The maximum absolute atomic E-state index is 5.81. The van der Waals surface area contributed by atoms with E-state index >= 15 is 0 Å². The van der Waals surface area contributed by atoms with Crippen LogP contribution in [0, 0.1) is 0 Å². The van der Waals surface area contributed by atoms with Crippen LogP contribution in [0.5, 0.6) is 0 Å². The normalized spacial score (nSPS) is 20.4. The molecule has 1 aromatic rings. The van der Waals surface area contributed by atoms with Crippen molar-refractivity contribution in [3.63, 3.8) is 0 Å². The van der Waals surface area contributed by atoms with Crippen LogP contribution in [0.2, 0.25) is 0 Å². The highest BCUT2D eigenvalue weighted by Crippen LogP contribution is 2.09. The monoisotopic (exact) mass is 545 g/mol. The predicted molar refractivity (Wildman–Crippen MR) is 137 cm³/mol. The number of hydrogen-bond acceptors (Lipinski definition) is 5. The molecular formula is C23H40IN5O2. The van der Waals surface area contributed by atoms with E-state index < -0.39 is 0 Å². The Morgan fingerprint density at radius 2 is 1.90 bits per heavy atom. The van der Waals surface area contributed by atoms with Crippen molar-refractivity contribution >= 4 is 29.9 Å². The molecule has 176 valence electrons. The second kappa shape index (κ2) is 15.8. The maximum atomic E-state index is 5.81. The van der Waals surface area contributed by atoms with Crippen LogP contribution in [-0.4, -0.2) is 94.0 Å². The highest BCUT2D eigenvalue weighted by atomic mass is 127. The Morgan fingerprint density at radius 1 is 1.13 bits per heavy atom. The highest BCUT2D eigenvalue weighted by molar-refractivity contribution is 14.0. The van der Waals surface area contributed by atoms with Crippen molar-refractivity contribution < 1.29 is 9.47 Å². The molecule has 0 spiro atoms. The van der Waals surface area contributed by atoms with Crippen molar-refractivity contribution in [2.75, 3.05) is 72.2 Å². The standard InChI is InChI=1S/C23H39N5O2.HI/c1-2-24-23(25-10-6-17-30-22-9-18-29-20-22)26-11-12-27-13-15-28(16-14-27)19-21-7-4-3-5-8-21;/h3-5,7-8,22H,2,6,9-20H2,1H3,(H2,24,25,26);1H. The van der Waals surface area contributed by atoms with Gasteiger partial charge in [-0.2, -0.15) is 0 Å². The molecule has 2 aliphatic rings. The minimum atomic E-state index is 0. The lowest BCUT2D eigenvalue weighted by atomic mass is 10.2. The van der Waals surface area contributed by atoms with Crippen molar-refractivity contribution in [2.45, 2.75) is 32.4 Å². The summed E-state index contributed by atoms with van der Waals surface area (Å²) in [6.45, 7) is 13.6. The number of hydrogen-bond donors (Lipinski definition) is 2. The van der Waals surface area contributed by atoms with Crippen LogP contribution in [0.25, 0.3) is 0 Å². The van der Waals surface area contributed by atoms with Crippen molar-refractivity contribution in [2.24, 2.45) is 4.99 Å². The SMILES string of the molecule is CCNC(=NCCCOC1CCOC1)NCCN1CCN(Cc2ccccc2)CC1.I. The zero-order valence-electron chi connectivity index (χ0n) is 18.9. The van der Waals surface area contributed by atoms with Crippen molar-refractivity contribution in [3.05, 3.63) is 35.9 Å². The molecule has 2 saturated heterocycles. The molecule has 0 saturated carbocycles. The molecule has 2 N–H and O–H groups in total. The van der Waals surface area contributed by atoms with Gasteiger partial charge in [0.15, 0.2) is 5.96 Å². The summed E-state index contributed by atoms with van der Waals surface area (Å²) in [7, 11) is 0. The molecule has 8 heteroatoms. The van der Waals surface area contributed by atoms with E-state index in [-0.39, 0.29) is 30.1 Å². The molecule has 3 rings (SSSR count). The fourth-order valence-electron chi connectivity index (χ4n) is 3.84. The van der Waals surface area contributed by atoms with Crippen molar-refractivity contribution in [3.8, 4) is 0 Å². The van der Waals surface area contributed by atoms with E-state index in [0.29, 0.717) is 0 Å². The van der Waals surface area contributed by atoms with Gasteiger partial charge in [0.1, 0.15) is 0 Å². The number of halogens is 1. The first-order valence-corrected chi connectivity index (χ1v) is 11.5. The van der Waals surface area contributed by atoms with E-state index in [1.54, 1.807) is 0 Å². The van der Waals surface area contributed by atoms with Crippen LogP contribution < -0.4 is 10.6 Å². The number of nitrogens with one attached hydrogen (secondary N) is 2. The first-order valence-electron chi connectivity index (χ1n) is 11.5. The number of guanidine groups is 1.